The monoisotopic (exact) mass is 219 g/mol. The first-order valence-electron chi connectivity index (χ1n) is 4.89. The topological polar surface area (TPSA) is 78.7 Å². The zero-order valence-corrected chi connectivity index (χ0v) is 9.21. The van der Waals surface area contributed by atoms with Crippen molar-refractivity contribution in [1.29, 1.82) is 0 Å². The number of anilines is 1. The highest BCUT2D eigenvalue weighted by Crippen LogP contribution is 2.07. The minimum absolute atomic E-state index is 0.181. The number of imidazole rings is 1. The summed E-state index contributed by atoms with van der Waals surface area (Å²) < 4.78 is 3.01. The van der Waals surface area contributed by atoms with E-state index in [2.05, 4.69) is 10.1 Å². The van der Waals surface area contributed by atoms with Gasteiger partial charge in [0, 0.05) is 25.5 Å². The summed E-state index contributed by atoms with van der Waals surface area (Å²) in [6.45, 7) is 1.79. The number of aryl methyl sites for hydroxylation is 2. The smallest absolute Gasteiger partial charge is 0.256 e. The fourth-order valence-corrected chi connectivity index (χ4v) is 1.50. The lowest BCUT2D eigenvalue weighted by Crippen LogP contribution is -2.19. The molecule has 0 aliphatic rings. The average molecular weight is 219 g/mol. The number of carbonyl (C=O) groups is 1. The van der Waals surface area contributed by atoms with Gasteiger partial charge in [-0.25, -0.2) is 4.98 Å². The maximum atomic E-state index is 11.9. The molecule has 2 N–H and O–H groups in total. The Hall–Kier alpha value is -2.11. The minimum Gasteiger partial charge on any atom is -0.383 e. The first kappa shape index (κ1) is 10.4. The highest BCUT2D eigenvalue weighted by molar-refractivity contribution is 5.82. The van der Waals surface area contributed by atoms with E-state index in [0.717, 1.165) is 5.69 Å². The van der Waals surface area contributed by atoms with Crippen molar-refractivity contribution in [2.75, 3.05) is 5.73 Å². The third-order valence-corrected chi connectivity index (χ3v) is 2.33. The Morgan fingerprint density at radius 1 is 1.56 bits per heavy atom. The second-order valence-electron chi connectivity index (χ2n) is 3.65. The Bertz CT molecular complexity index is 525. The van der Waals surface area contributed by atoms with E-state index < -0.39 is 0 Å². The Morgan fingerprint density at radius 3 is 2.81 bits per heavy atom. The Labute approximate surface area is 92.7 Å². The van der Waals surface area contributed by atoms with Crippen molar-refractivity contribution in [3.8, 4) is 0 Å². The van der Waals surface area contributed by atoms with Gasteiger partial charge in [0.2, 0.25) is 0 Å². The predicted octanol–water partition coefficient (Wildman–Crippen LogP) is 0.390. The third kappa shape index (κ3) is 1.81. The quantitative estimate of drug-likeness (QED) is 0.792. The first-order chi connectivity index (χ1) is 7.58. The molecule has 0 bridgehead atoms. The number of hydrogen-bond acceptors (Lipinski definition) is 4. The van der Waals surface area contributed by atoms with E-state index in [4.69, 9.17) is 5.73 Å². The summed E-state index contributed by atoms with van der Waals surface area (Å²) in [5.74, 6) is 0.870. The van der Waals surface area contributed by atoms with Crippen molar-refractivity contribution in [1.82, 2.24) is 19.3 Å². The number of nitrogen functional groups attached to an aromatic ring is 1. The molecule has 0 unspecified atom stereocenters. The van der Waals surface area contributed by atoms with Crippen LogP contribution in [-0.4, -0.2) is 25.2 Å². The minimum atomic E-state index is -0.181. The highest BCUT2D eigenvalue weighted by atomic mass is 16.2. The average Bonchev–Trinajstić information content (AvgIpc) is 2.74. The zero-order valence-electron chi connectivity index (χ0n) is 9.21. The van der Waals surface area contributed by atoms with Gasteiger partial charge in [-0.3, -0.25) is 4.79 Å². The lowest BCUT2D eigenvalue weighted by molar-refractivity contribution is 0.0898. The number of carbonyl (C=O) groups excluding carboxylic acids is 1. The number of nitrogens with zero attached hydrogens (tertiary/aromatic N) is 4. The van der Waals surface area contributed by atoms with Crippen LogP contribution in [0.3, 0.4) is 0 Å². The van der Waals surface area contributed by atoms with Crippen molar-refractivity contribution >= 4 is 11.7 Å². The molecule has 0 spiro atoms. The molecule has 2 rings (SSSR count). The van der Waals surface area contributed by atoms with Crippen molar-refractivity contribution in [2.45, 2.75) is 13.3 Å². The summed E-state index contributed by atoms with van der Waals surface area (Å²) in [4.78, 5) is 15.9. The summed E-state index contributed by atoms with van der Waals surface area (Å²) >= 11 is 0. The molecule has 0 amide bonds. The highest BCUT2D eigenvalue weighted by Gasteiger charge is 2.13. The molecule has 16 heavy (non-hydrogen) atoms. The molecule has 0 aromatic carbocycles. The largest absolute Gasteiger partial charge is 0.383 e. The molecule has 0 saturated carbocycles. The second-order valence-corrected chi connectivity index (χ2v) is 3.65. The molecular weight excluding hydrogens is 206 g/mol. The Balaban J connectivity index is 2.21. The van der Waals surface area contributed by atoms with Gasteiger partial charge >= 0.3 is 0 Å². The van der Waals surface area contributed by atoms with Gasteiger partial charge in [0.1, 0.15) is 11.6 Å². The fourth-order valence-electron chi connectivity index (χ4n) is 1.50. The van der Waals surface area contributed by atoms with E-state index in [0.29, 0.717) is 11.6 Å². The van der Waals surface area contributed by atoms with Gasteiger partial charge in [-0.1, -0.05) is 0 Å². The van der Waals surface area contributed by atoms with Crippen LogP contribution in [0.25, 0.3) is 0 Å². The fraction of sp³-hybridized carbons (Fsp3) is 0.300. The Morgan fingerprint density at radius 2 is 2.31 bits per heavy atom. The van der Waals surface area contributed by atoms with Crippen LogP contribution in [0.1, 0.15) is 16.3 Å². The second kappa shape index (κ2) is 3.80. The summed E-state index contributed by atoms with van der Waals surface area (Å²) in [7, 11) is 1.84. The van der Waals surface area contributed by atoms with Gasteiger partial charge < -0.3 is 10.3 Å². The van der Waals surface area contributed by atoms with E-state index in [9.17, 15) is 4.79 Å². The summed E-state index contributed by atoms with van der Waals surface area (Å²) in [5.41, 5.74) is 6.39. The molecule has 0 atom stereocenters. The lowest BCUT2D eigenvalue weighted by atomic mass is 10.4. The summed E-state index contributed by atoms with van der Waals surface area (Å²) in [5, 5.41) is 4.03. The van der Waals surface area contributed by atoms with Crippen molar-refractivity contribution < 1.29 is 4.79 Å². The van der Waals surface area contributed by atoms with E-state index in [-0.39, 0.29) is 12.3 Å². The van der Waals surface area contributed by atoms with Crippen LogP contribution in [0.15, 0.2) is 18.5 Å². The van der Waals surface area contributed by atoms with Gasteiger partial charge in [-0.05, 0) is 6.92 Å². The van der Waals surface area contributed by atoms with Crippen molar-refractivity contribution in [2.24, 2.45) is 7.05 Å². The third-order valence-electron chi connectivity index (χ3n) is 2.33. The summed E-state index contributed by atoms with van der Waals surface area (Å²) in [6, 6.07) is 1.66. The van der Waals surface area contributed by atoms with Gasteiger partial charge in [-0.15, -0.1) is 0 Å². The molecule has 2 aromatic rings. The van der Waals surface area contributed by atoms with Crippen LogP contribution in [0.4, 0.5) is 5.82 Å². The van der Waals surface area contributed by atoms with Gasteiger partial charge in [0.25, 0.3) is 5.91 Å². The molecule has 6 nitrogen and oxygen atoms in total. The zero-order chi connectivity index (χ0) is 11.7. The Kier molecular flexibility index (Phi) is 2.47. The molecule has 84 valence electrons. The number of hydrogen-bond donors (Lipinski definition) is 1. The van der Waals surface area contributed by atoms with Crippen LogP contribution >= 0.6 is 0 Å². The molecule has 0 aliphatic carbocycles. The van der Waals surface area contributed by atoms with Gasteiger partial charge in [0.15, 0.2) is 0 Å². The normalized spacial score (nSPS) is 10.6. The number of aromatic nitrogens is 4. The molecule has 2 heterocycles. The van der Waals surface area contributed by atoms with Crippen LogP contribution in [0.5, 0.6) is 0 Å². The molecule has 0 fully saturated rings. The maximum Gasteiger partial charge on any atom is 0.256 e. The summed E-state index contributed by atoms with van der Waals surface area (Å²) in [6.07, 6.45) is 3.63. The predicted molar refractivity (Wildman–Crippen MR) is 58.9 cm³/mol. The van der Waals surface area contributed by atoms with E-state index >= 15 is 0 Å². The van der Waals surface area contributed by atoms with E-state index in [1.807, 2.05) is 7.05 Å². The lowest BCUT2D eigenvalue weighted by Gasteiger charge is -2.02. The molecule has 0 aliphatic heterocycles. The molecular formula is C10H13N5O. The number of rotatable bonds is 2. The van der Waals surface area contributed by atoms with E-state index in [1.54, 1.807) is 30.0 Å². The first-order valence-corrected chi connectivity index (χ1v) is 4.89. The maximum absolute atomic E-state index is 11.9. The molecule has 2 aromatic heterocycles. The SMILES string of the molecule is Cc1cc(N)n(C(=O)Cc2nccn2C)n1. The van der Waals surface area contributed by atoms with Crippen molar-refractivity contribution in [3.05, 3.63) is 30.0 Å². The molecule has 0 saturated heterocycles. The van der Waals surface area contributed by atoms with Gasteiger partial charge in [-0.2, -0.15) is 9.78 Å². The number of nitrogens with two attached hydrogens (primary N) is 1. The molecule has 6 heteroatoms. The van der Waals surface area contributed by atoms with Crippen LogP contribution in [0.2, 0.25) is 0 Å². The van der Waals surface area contributed by atoms with Crippen LogP contribution in [-0.2, 0) is 13.5 Å². The van der Waals surface area contributed by atoms with Gasteiger partial charge in [0.05, 0.1) is 12.1 Å². The van der Waals surface area contributed by atoms with E-state index in [1.165, 1.54) is 4.68 Å². The van der Waals surface area contributed by atoms with Crippen LogP contribution in [0, 0.1) is 6.92 Å². The molecule has 0 radical (unpaired) electrons. The standard InChI is InChI=1S/C10H13N5O/c1-7-5-8(11)15(13-7)10(16)6-9-12-3-4-14(9)2/h3-5H,6,11H2,1-2H3. The van der Waals surface area contributed by atoms with Crippen molar-refractivity contribution in [3.63, 3.8) is 0 Å². The van der Waals surface area contributed by atoms with Crippen LogP contribution < -0.4 is 5.73 Å².